The molecule has 20 heavy (non-hydrogen) atoms. The molecule has 0 atom stereocenters. The number of aliphatic hydroxyl groups is 1. The van der Waals surface area contributed by atoms with Crippen LogP contribution in [-0.4, -0.2) is 40.7 Å². The summed E-state index contributed by atoms with van der Waals surface area (Å²) in [5, 5.41) is 9.84. The van der Waals surface area contributed by atoms with Crippen LogP contribution >= 0.6 is 0 Å². The Morgan fingerprint density at radius 2 is 1.10 bits per heavy atom. The van der Waals surface area contributed by atoms with Crippen LogP contribution in [0.15, 0.2) is 0 Å². The first-order chi connectivity index (χ1) is 8.62. The molecule has 0 aromatic rings. The Labute approximate surface area is 125 Å². The van der Waals surface area contributed by atoms with Crippen molar-refractivity contribution in [2.24, 2.45) is 5.73 Å². The van der Waals surface area contributed by atoms with E-state index in [1.165, 1.54) is 0 Å². The van der Waals surface area contributed by atoms with E-state index in [1.807, 2.05) is 41.5 Å². The van der Waals surface area contributed by atoms with Gasteiger partial charge in [-0.1, -0.05) is 0 Å². The molecule has 0 radical (unpaired) electrons. The van der Waals surface area contributed by atoms with Crippen LogP contribution in [-0.2, 0) is 9.47 Å². The molecule has 0 aliphatic carbocycles. The average Bonchev–Trinajstić information content (AvgIpc) is 2.04. The van der Waals surface area contributed by atoms with Gasteiger partial charge in [0.05, 0.1) is 30.0 Å². The van der Waals surface area contributed by atoms with Crippen molar-refractivity contribution < 1.29 is 14.6 Å². The fourth-order valence-corrected chi connectivity index (χ4v) is 2.88. The van der Waals surface area contributed by atoms with E-state index in [0.717, 1.165) is 6.42 Å². The highest BCUT2D eigenvalue weighted by Gasteiger charge is 2.29. The molecule has 122 valence electrons. The minimum Gasteiger partial charge on any atom is -0.390 e. The van der Waals surface area contributed by atoms with Crippen LogP contribution < -0.4 is 5.73 Å². The predicted molar refractivity (Wildman–Crippen MR) is 83.9 cm³/mol. The van der Waals surface area contributed by atoms with E-state index in [9.17, 15) is 5.11 Å². The number of hydrogen-bond donors (Lipinski definition) is 2. The predicted octanol–water partition coefficient (Wildman–Crippen LogP) is 2.87. The second-order valence-electron chi connectivity index (χ2n) is 8.37. The molecule has 0 bridgehead atoms. The van der Waals surface area contributed by atoms with E-state index >= 15 is 0 Å². The highest BCUT2D eigenvalue weighted by Crippen LogP contribution is 2.24. The SMILES string of the molecule is CC(C)(N)CC(C)(C)OCCOC(C)(C)CC(C)(C)O. The van der Waals surface area contributed by atoms with Gasteiger partial charge in [-0.3, -0.25) is 0 Å². The summed E-state index contributed by atoms with van der Waals surface area (Å²) in [5.41, 5.74) is 4.43. The van der Waals surface area contributed by atoms with Crippen molar-refractivity contribution in [2.45, 2.75) is 90.6 Å². The van der Waals surface area contributed by atoms with E-state index in [1.54, 1.807) is 13.8 Å². The Hall–Kier alpha value is -0.160. The second-order valence-corrected chi connectivity index (χ2v) is 8.37. The zero-order valence-corrected chi connectivity index (χ0v) is 14.7. The zero-order valence-electron chi connectivity index (χ0n) is 14.7. The van der Waals surface area contributed by atoms with Gasteiger partial charge < -0.3 is 20.3 Å². The Morgan fingerprint density at radius 1 is 0.750 bits per heavy atom. The number of nitrogens with two attached hydrogens (primary N) is 1. The van der Waals surface area contributed by atoms with Gasteiger partial charge in [-0.2, -0.15) is 0 Å². The van der Waals surface area contributed by atoms with Gasteiger partial charge in [-0.05, 0) is 61.8 Å². The van der Waals surface area contributed by atoms with Crippen molar-refractivity contribution in [3.63, 3.8) is 0 Å². The summed E-state index contributed by atoms with van der Waals surface area (Å²) in [5.74, 6) is 0. The van der Waals surface area contributed by atoms with Gasteiger partial charge in [0.2, 0.25) is 0 Å². The zero-order chi connectivity index (χ0) is 16.2. The van der Waals surface area contributed by atoms with Crippen molar-refractivity contribution in [3.8, 4) is 0 Å². The van der Waals surface area contributed by atoms with E-state index in [0.29, 0.717) is 19.6 Å². The summed E-state index contributed by atoms with van der Waals surface area (Å²) < 4.78 is 11.7. The minimum atomic E-state index is -0.729. The lowest BCUT2D eigenvalue weighted by Crippen LogP contribution is -2.42. The monoisotopic (exact) mass is 289 g/mol. The van der Waals surface area contributed by atoms with Crippen molar-refractivity contribution in [1.82, 2.24) is 0 Å². The molecule has 0 fully saturated rings. The molecule has 0 aliphatic rings. The topological polar surface area (TPSA) is 64.7 Å². The quantitative estimate of drug-likeness (QED) is 0.641. The first-order valence-corrected chi connectivity index (χ1v) is 7.41. The van der Waals surface area contributed by atoms with Gasteiger partial charge in [0.1, 0.15) is 0 Å². The van der Waals surface area contributed by atoms with Crippen LogP contribution in [0.1, 0.15) is 68.2 Å². The maximum atomic E-state index is 9.84. The molecule has 4 nitrogen and oxygen atoms in total. The van der Waals surface area contributed by atoms with Crippen LogP contribution in [0.4, 0.5) is 0 Å². The van der Waals surface area contributed by atoms with Crippen molar-refractivity contribution in [1.29, 1.82) is 0 Å². The van der Waals surface area contributed by atoms with Gasteiger partial charge in [-0.25, -0.2) is 0 Å². The smallest absolute Gasteiger partial charge is 0.0708 e. The molecule has 0 aromatic carbocycles. The summed E-state index contributed by atoms with van der Waals surface area (Å²) in [6, 6.07) is 0. The van der Waals surface area contributed by atoms with Crippen molar-refractivity contribution >= 4 is 0 Å². The highest BCUT2D eigenvalue weighted by atomic mass is 16.5. The Morgan fingerprint density at radius 3 is 1.40 bits per heavy atom. The molecule has 0 unspecified atom stereocenters. The van der Waals surface area contributed by atoms with Gasteiger partial charge in [0.15, 0.2) is 0 Å². The molecule has 0 aromatic heterocycles. The summed E-state index contributed by atoms with van der Waals surface area (Å²) in [4.78, 5) is 0. The molecule has 0 saturated heterocycles. The molecule has 4 heteroatoms. The van der Waals surface area contributed by atoms with Crippen molar-refractivity contribution in [3.05, 3.63) is 0 Å². The summed E-state index contributed by atoms with van der Waals surface area (Å²) in [6.07, 6.45) is 1.37. The molecule has 0 spiro atoms. The summed E-state index contributed by atoms with van der Waals surface area (Å²) >= 11 is 0. The van der Waals surface area contributed by atoms with Crippen molar-refractivity contribution in [2.75, 3.05) is 13.2 Å². The van der Waals surface area contributed by atoms with Crippen LogP contribution in [0.5, 0.6) is 0 Å². The third-order valence-electron chi connectivity index (χ3n) is 2.81. The highest BCUT2D eigenvalue weighted by molar-refractivity contribution is 4.83. The number of ether oxygens (including phenoxy) is 2. The molecule has 0 aliphatic heterocycles. The molecule has 0 amide bonds. The normalized spacial score (nSPS) is 14.7. The standard InChI is InChI=1S/C16H35NO3/c1-13(2,17)11-15(5,6)19-9-10-20-16(7,8)12-14(3,4)18/h18H,9-12,17H2,1-8H3. The molecule has 3 N–H and O–H groups in total. The Balaban J connectivity index is 4.08. The van der Waals surface area contributed by atoms with Gasteiger partial charge in [-0.15, -0.1) is 0 Å². The number of rotatable bonds is 9. The van der Waals surface area contributed by atoms with Crippen LogP contribution in [0.2, 0.25) is 0 Å². The van der Waals surface area contributed by atoms with E-state index in [-0.39, 0.29) is 16.7 Å². The molecule has 0 saturated carbocycles. The molecular weight excluding hydrogens is 254 g/mol. The molecule has 0 rings (SSSR count). The summed E-state index contributed by atoms with van der Waals surface area (Å²) in [6.45, 7) is 16.7. The van der Waals surface area contributed by atoms with E-state index < -0.39 is 5.60 Å². The lowest BCUT2D eigenvalue weighted by molar-refractivity contribution is -0.111. The molecule has 0 heterocycles. The van der Waals surface area contributed by atoms with E-state index in [4.69, 9.17) is 15.2 Å². The molecular formula is C16H35NO3. The minimum absolute atomic E-state index is 0.245. The average molecular weight is 289 g/mol. The fourth-order valence-electron chi connectivity index (χ4n) is 2.88. The second kappa shape index (κ2) is 6.73. The lowest BCUT2D eigenvalue weighted by Gasteiger charge is -2.34. The Bertz CT molecular complexity index is 255. The third kappa shape index (κ3) is 11.6. The van der Waals surface area contributed by atoms with E-state index in [2.05, 4.69) is 0 Å². The summed E-state index contributed by atoms with van der Waals surface area (Å²) in [7, 11) is 0. The van der Waals surface area contributed by atoms with Gasteiger partial charge >= 0.3 is 0 Å². The van der Waals surface area contributed by atoms with Crippen LogP contribution in [0.3, 0.4) is 0 Å². The first-order valence-electron chi connectivity index (χ1n) is 7.41. The first kappa shape index (κ1) is 19.8. The number of hydrogen-bond acceptors (Lipinski definition) is 4. The lowest BCUT2D eigenvalue weighted by atomic mass is 9.90. The Kier molecular flexibility index (Phi) is 6.68. The maximum absolute atomic E-state index is 9.84. The van der Waals surface area contributed by atoms with Gasteiger partial charge in [0.25, 0.3) is 0 Å². The largest absolute Gasteiger partial charge is 0.390 e. The van der Waals surface area contributed by atoms with Crippen LogP contribution in [0.25, 0.3) is 0 Å². The fraction of sp³-hybridized carbons (Fsp3) is 1.00. The third-order valence-corrected chi connectivity index (χ3v) is 2.81. The van der Waals surface area contributed by atoms with Crippen LogP contribution in [0, 0.1) is 0 Å². The maximum Gasteiger partial charge on any atom is 0.0708 e. The van der Waals surface area contributed by atoms with Gasteiger partial charge in [0, 0.05) is 12.0 Å².